The van der Waals surface area contributed by atoms with Crippen LogP contribution >= 0.6 is 0 Å². The molecule has 1 aromatic carbocycles. The molecule has 5 unspecified atom stereocenters. The lowest BCUT2D eigenvalue weighted by Crippen LogP contribution is -2.77. The van der Waals surface area contributed by atoms with Gasteiger partial charge in [-0.05, 0) is 48.9 Å². The summed E-state index contributed by atoms with van der Waals surface area (Å²) < 4.78 is 0. The molecule has 6 N–H and O–H groups in total. The fourth-order valence-electron chi connectivity index (χ4n) is 6.74. The maximum atomic E-state index is 12.8. The van der Waals surface area contributed by atoms with Gasteiger partial charge in [0.05, 0.1) is 30.6 Å². The van der Waals surface area contributed by atoms with Gasteiger partial charge in [-0.2, -0.15) is 5.26 Å². The predicted molar refractivity (Wildman–Crippen MR) is 141 cm³/mol. The molecular weight excluding hydrogens is 486 g/mol. The highest BCUT2D eigenvalue weighted by molar-refractivity contribution is 5.81. The van der Waals surface area contributed by atoms with Crippen molar-refractivity contribution in [2.24, 2.45) is 17.3 Å². The van der Waals surface area contributed by atoms with E-state index in [1.54, 1.807) is 0 Å². The van der Waals surface area contributed by atoms with Crippen LogP contribution < -0.4 is 31.7 Å². The highest BCUT2D eigenvalue weighted by Gasteiger charge is 2.58. The zero-order chi connectivity index (χ0) is 26.3. The number of hydrogen-bond acceptors (Lipinski definition) is 10. The van der Waals surface area contributed by atoms with Crippen molar-refractivity contribution in [1.29, 1.82) is 5.26 Å². The Bertz CT molecular complexity index is 1080. The van der Waals surface area contributed by atoms with Gasteiger partial charge in [-0.25, -0.2) is 5.43 Å². The summed E-state index contributed by atoms with van der Waals surface area (Å²) in [6.45, 7) is 6.22. The molecule has 5 fully saturated rings. The zero-order valence-corrected chi connectivity index (χ0v) is 21.5. The Morgan fingerprint density at radius 3 is 2.50 bits per heavy atom. The highest BCUT2D eigenvalue weighted by Crippen LogP contribution is 2.59. The molecule has 1 saturated carbocycles. The second-order valence-electron chi connectivity index (χ2n) is 11.3. The number of aliphatic carboxylic acids is 1. The van der Waals surface area contributed by atoms with Crippen molar-refractivity contribution in [3.63, 3.8) is 0 Å². The van der Waals surface area contributed by atoms with Crippen LogP contribution in [0.3, 0.4) is 0 Å². The lowest BCUT2D eigenvalue weighted by atomic mass is 9.90. The number of rotatable bonds is 6. The summed E-state index contributed by atoms with van der Waals surface area (Å²) in [6.07, 6.45) is 2.35. The van der Waals surface area contributed by atoms with E-state index in [4.69, 9.17) is 5.26 Å². The Kier molecular flexibility index (Phi) is 6.88. The lowest BCUT2D eigenvalue weighted by Gasteiger charge is -2.50. The molecular formula is C26H37N9O3. The van der Waals surface area contributed by atoms with Gasteiger partial charge in [0.25, 0.3) is 0 Å². The Hall–Kier alpha value is -2.95. The number of benzene rings is 1. The van der Waals surface area contributed by atoms with Gasteiger partial charge in [-0.3, -0.25) is 35.4 Å². The molecule has 38 heavy (non-hydrogen) atoms. The molecule has 12 nitrogen and oxygen atoms in total. The maximum absolute atomic E-state index is 12.8. The number of carboxylic acid groups (broad SMARTS) is 1. The van der Waals surface area contributed by atoms with Crippen molar-refractivity contribution in [1.82, 2.24) is 31.3 Å². The minimum Gasteiger partial charge on any atom is -0.481 e. The summed E-state index contributed by atoms with van der Waals surface area (Å²) in [4.78, 5) is 31.0. The fraction of sp³-hybridized carbons (Fsp3) is 0.654. The average molecular weight is 524 g/mol. The molecule has 1 aliphatic carbocycles. The number of nitrogens with zero attached hydrogens (tertiary/aromatic N) is 4. The number of hydrogen-bond donors (Lipinski definition) is 6. The monoisotopic (exact) mass is 523 g/mol. The van der Waals surface area contributed by atoms with Gasteiger partial charge in [0.1, 0.15) is 6.29 Å². The van der Waals surface area contributed by atoms with Crippen LogP contribution in [0.1, 0.15) is 19.3 Å². The molecule has 1 aromatic rings. The minimum atomic E-state index is -0.645. The molecule has 4 heterocycles. The number of hydrazine groups is 1. The maximum Gasteiger partial charge on any atom is 0.307 e. The van der Waals surface area contributed by atoms with E-state index in [1.807, 2.05) is 0 Å². The minimum absolute atomic E-state index is 0.0232. The van der Waals surface area contributed by atoms with Crippen molar-refractivity contribution >= 4 is 23.3 Å². The summed E-state index contributed by atoms with van der Waals surface area (Å²) in [6, 6.07) is 10.5. The summed E-state index contributed by atoms with van der Waals surface area (Å²) in [5.41, 5.74) is 7.90. The first-order valence-corrected chi connectivity index (χ1v) is 13.7. The van der Waals surface area contributed by atoms with E-state index in [9.17, 15) is 14.7 Å². The van der Waals surface area contributed by atoms with E-state index in [-0.39, 0.29) is 41.7 Å². The van der Waals surface area contributed by atoms with Gasteiger partial charge in [0, 0.05) is 63.2 Å². The number of piperazine rings is 1. The zero-order valence-electron chi connectivity index (χ0n) is 21.5. The Labute approximate surface area is 222 Å². The van der Waals surface area contributed by atoms with Gasteiger partial charge >= 0.3 is 5.97 Å². The average Bonchev–Trinajstić information content (AvgIpc) is 3.63. The number of carbonyl (C=O) groups excluding carboxylic acids is 1. The van der Waals surface area contributed by atoms with Crippen LogP contribution in [0.5, 0.6) is 0 Å². The number of amides is 1. The van der Waals surface area contributed by atoms with Crippen LogP contribution in [-0.2, 0) is 9.59 Å². The van der Waals surface area contributed by atoms with E-state index >= 15 is 0 Å². The first-order valence-electron chi connectivity index (χ1n) is 13.7. The molecule has 0 bridgehead atoms. The molecule has 4 aliphatic heterocycles. The number of carbonyl (C=O) groups is 2. The quantitative estimate of drug-likeness (QED) is 0.264. The van der Waals surface area contributed by atoms with Crippen LogP contribution in [0.2, 0.25) is 0 Å². The molecule has 1 amide bonds. The van der Waals surface area contributed by atoms with Gasteiger partial charge in [0.2, 0.25) is 5.91 Å². The van der Waals surface area contributed by atoms with E-state index in [0.29, 0.717) is 13.1 Å². The van der Waals surface area contributed by atoms with Gasteiger partial charge in [0.15, 0.2) is 0 Å². The lowest BCUT2D eigenvalue weighted by molar-refractivity contribution is -0.139. The molecule has 12 heteroatoms. The SMILES string of the molecule is N#CCN1CCN(C2NC3CNNC(=O)C3C(Nc3ccc(N4CCC5(CC4)CC5C(=O)O)cc3)N2)CC1. The smallest absolute Gasteiger partial charge is 0.307 e. The Morgan fingerprint density at radius 1 is 1.11 bits per heavy atom. The molecule has 5 atom stereocenters. The van der Waals surface area contributed by atoms with Gasteiger partial charge < -0.3 is 15.3 Å². The Morgan fingerprint density at radius 2 is 1.84 bits per heavy atom. The number of fused-ring (bicyclic) bond motifs is 1. The van der Waals surface area contributed by atoms with Gasteiger partial charge in [-0.15, -0.1) is 0 Å². The molecule has 4 saturated heterocycles. The summed E-state index contributed by atoms with van der Waals surface area (Å²) in [5, 5.41) is 29.2. The number of nitrogens with one attached hydrogen (secondary N) is 5. The third-order valence-corrected chi connectivity index (χ3v) is 9.21. The highest BCUT2D eigenvalue weighted by atomic mass is 16.4. The third kappa shape index (κ3) is 4.92. The van der Waals surface area contributed by atoms with Crippen LogP contribution in [0.15, 0.2) is 24.3 Å². The fourth-order valence-corrected chi connectivity index (χ4v) is 6.74. The van der Waals surface area contributed by atoms with Crippen LogP contribution in [0, 0.1) is 28.6 Å². The number of piperidine rings is 1. The van der Waals surface area contributed by atoms with Crippen molar-refractivity contribution < 1.29 is 14.7 Å². The number of anilines is 2. The normalized spacial score (nSPS) is 33.2. The van der Waals surface area contributed by atoms with Crippen molar-refractivity contribution in [3.8, 4) is 6.07 Å². The first kappa shape index (κ1) is 25.3. The number of nitriles is 1. The van der Waals surface area contributed by atoms with E-state index in [2.05, 4.69) is 71.8 Å². The topological polar surface area (TPSA) is 148 Å². The summed E-state index contributed by atoms with van der Waals surface area (Å²) in [7, 11) is 0. The largest absolute Gasteiger partial charge is 0.481 e. The second-order valence-corrected chi connectivity index (χ2v) is 11.3. The first-order chi connectivity index (χ1) is 18.5. The van der Waals surface area contributed by atoms with Crippen LogP contribution in [0.25, 0.3) is 0 Å². The molecule has 0 radical (unpaired) electrons. The van der Waals surface area contributed by atoms with Crippen molar-refractivity contribution in [2.75, 3.05) is 62.6 Å². The Balaban J connectivity index is 1.09. The predicted octanol–water partition coefficient (Wildman–Crippen LogP) is -0.648. The molecule has 5 aliphatic rings. The third-order valence-electron chi connectivity index (χ3n) is 9.21. The van der Waals surface area contributed by atoms with Crippen molar-refractivity contribution in [3.05, 3.63) is 24.3 Å². The van der Waals surface area contributed by atoms with Crippen LogP contribution in [-0.4, -0.2) is 97.6 Å². The van der Waals surface area contributed by atoms with E-state index < -0.39 is 5.97 Å². The number of carboxylic acids is 1. The molecule has 204 valence electrons. The molecule has 0 aromatic heterocycles. The van der Waals surface area contributed by atoms with Crippen LogP contribution in [0.4, 0.5) is 11.4 Å². The summed E-state index contributed by atoms with van der Waals surface area (Å²) in [5.74, 6) is -1.13. The van der Waals surface area contributed by atoms with Gasteiger partial charge in [-0.1, -0.05) is 0 Å². The second kappa shape index (κ2) is 10.3. The van der Waals surface area contributed by atoms with E-state index in [0.717, 1.165) is 69.9 Å². The van der Waals surface area contributed by atoms with E-state index in [1.165, 1.54) is 0 Å². The standard InChI is InChI=1S/C26H37N9O3/c27-7-10-33-11-13-35(14-12-33)25-30-20-16-28-32-23(36)21(20)22(31-25)29-17-1-3-18(4-2-17)34-8-5-26(6-9-34)15-19(26)24(37)38/h1-4,19-22,25,28-31H,5-6,8-16H2,(H,32,36)(H,37,38). The van der Waals surface area contributed by atoms with Crippen molar-refractivity contribution in [2.45, 2.75) is 37.8 Å². The summed E-state index contributed by atoms with van der Waals surface area (Å²) >= 11 is 0. The molecule has 6 rings (SSSR count). The molecule has 1 spiro atoms.